The summed E-state index contributed by atoms with van der Waals surface area (Å²) < 4.78 is 6.17. The molecule has 6 rings (SSSR count). The molecule has 0 aromatic rings. The largest absolute Gasteiger partial charge is 0.479 e. The molecule has 0 amide bonds. The van der Waals surface area contributed by atoms with E-state index in [2.05, 4.69) is 34.6 Å². The van der Waals surface area contributed by atoms with Gasteiger partial charge in [0.2, 0.25) is 0 Å². The Bertz CT molecular complexity index is 855. The summed E-state index contributed by atoms with van der Waals surface area (Å²) in [6, 6.07) is 0. The van der Waals surface area contributed by atoms with E-state index in [9.17, 15) is 20.1 Å². The molecule has 0 aromatic carbocycles. The highest BCUT2D eigenvalue weighted by atomic mass is 16.5. The van der Waals surface area contributed by atoms with Gasteiger partial charge in [0.15, 0.2) is 6.10 Å². The van der Waals surface area contributed by atoms with Crippen LogP contribution in [-0.4, -0.2) is 45.7 Å². The third kappa shape index (κ3) is 2.13. The summed E-state index contributed by atoms with van der Waals surface area (Å²) in [5.41, 5.74) is 0.286. The standard InChI is InChI=1S/C27H42O5/c1-14-12-15(22(30)31)32-20-19(14)24(4)10-11-27-13-26(27)9-8-18(28)23(2,3)16(26)6-7-17(27)25(24,5)21(20)29/h14-21,28-29H,6-13H2,1-5H3,(H,30,31)/t14-,15?,16?,17?,18+,19+,20?,21+,24-,25-,26-,27?/m1/s1. The molecule has 1 aliphatic heterocycles. The summed E-state index contributed by atoms with van der Waals surface area (Å²) in [7, 11) is 0. The molecule has 0 bridgehead atoms. The number of ether oxygens (including phenoxy) is 1. The zero-order chi connectivity index (χ0) is 23.1. The van der Waals surface area contributed by atoms with E-state index in [1.54, 1.807) is 0 Å². The summed E-state index contributed by atoms with van der Waals surface area (Å²) in [5.74, 6) is 0.575. The molecule has 180 valence electrons. The second-order valence-corrected chi connectivity index (χ2v) is 13.9. The number of aliphatic carboxylic acids is 1. The van der Waals surface area contributed by atoms with Crippen molar-refractivity contribution >= 4 is 5.97 Å². The molecule has 1 heterocycles. The van der Waals surface area contributed by atoms with Crippen LogP contribution in [0.25, 0.3) is 0 Å². The van der Waals surface area contributed by atoms with Gasteiger partial charge in [-0.15, -0.1) is 0 Å². The van der Waals surface area contributed by atoms with Gasteiger partial charge >= 0.3 is 5.97 Å². The molecule has 5 saturated carbocycles. The first kappa shape index (κ1) is 21.9. The van der Waals surface area contributed by atoms with Crippen LogP contribution in [0.2, 0.25) is 0 Å². The van der Waals surface area contributed by atoms with Crippen LogP contribution in [0.1, 0.15) is 86.0 Å². The lowest BCUT2D eigenvalue weighted by molar-refractivity contribution is -0.183. The lowest BCUT2D eigenvalue weighted by Gasteiger charge is -2.63. The van der Waals surface area contributed by atoms with Gasteiger partial charge in [-0.3, -0.25) is 0 Å². The van der Waals surface area contributed by atoms with Crippen LogP contribution in [0, 0.1) is 50.7 Å². The van der Waals surface area contributed by atoms with Crippen molar-refractivity contribution in [3.8, 4) is 0 Å². The molecule has 5 nitrogen and oxygen atoms in total. The van der Waals surface area contributed by atoms with Crippen LogP contribution in [0.4, 0.5) is 0 Å². The van der Waals surface area contributed by atoms with Crippen molar-refractivity contribution in [2.24, 2.45) is 50.7 Å². The first-order valence-electron chi connectivity index (χ1n) is 13.1. The van der Waals surface area contributed by atoms with Gasteiger partial charge in [-0.2, -0.15) is 0 Å². The summed E-state index contributed by atoms with van der Waals surface area (Å²) in [6.07, 6.45) is 6.41. The molecule has 32 heavy (non-hydrogen) atoms. The molecule has 12 atom stereocenters. The van der Waals surface area contributed by atoms with E-state index in [0.29, 0.717) is 23.7 Å². The molecule has 1 saturated heterocycles. The van der Waals surface area contributed by atoms with Crippen molar-refractivity contribution in [3.05, 3.63) is 0 Å². The Labute approximate surface area is 192 Å². The highest BCUT2D eigenvalue weighted by Crippen LogP contribution is 2.89. The molecule has 6 aliphatic rings. The van der Waals surface area contributed by atoms with Gasteiger partial charge in [-0.25, -0.2) is 4.79 Å². The number of fused-ring (bicyclic) bond motifs is 4. The van der Waals surface area contributed by atoms with Crippen molar-refractivity contribution < 1.29 is 24.9 Å². The summed E-state index contributed by atoms with van der Waals surface area (Å²) in [6.45, 7) is 11.5. The quantitative estimate of drug-likeness (QED) is 0.561. The maximum Gasteiger partial charge on any atom is 0.332 e. The zero-order valence-electron chi connectivity index (χ0n) is 20.4. The Balaban J connectivity index is 1.40. The van der Waals surface area contributed by atoms with E-state index < -0.39 is 18.2 Å². The van der Waals surface area contributed by atoms with Crippen molar-refractivity contribution in [1.29, 1.82) is 0 Å². The summed E-state index contributed by atoms with van der Waals surface area (Å²) >= 11 is 0. The predicted molar refractivity (Wildman–Crippen MR) is 120 cm³/mol. The van der Waals surface area contributed by atoms with E-state index >= 15 is 0 Å². The van der Waals surface area contributed by atoms with Crippen molar-refractivity contribution in [2.75, 3.05) is 0 Å². The molecule has 3 N–H and O–H groups in total. The van der Waals surface area contributed by atoms with E-state index in [1.165, 1.54) is 12.8 Å². The predicted octanol–water partition coefficient (Wildman–Crippen LogP) is 4.25. The minimum absolute atomic E-state index is 0.0315. The summed E-state index contributed by atoms with van der Waals surface area (Å²) in [4.78, 5) is 11.8. The molecule has 0 radical (unpaired) electrons. The fourth-order valence-electron chi connectivity index (χ4n) is 11.4. The lowest BCUT2D eigenvalue weighted by Crippen LogP contribution is -2.59. The maximum atomic E-state index is 11.9. The molecule has 6 fully saturated rings. The van der Waals surface area contributed by atoms with Crippen LogP contribution >= 0.6 is 0 Å². The maximum absolute atomic E-state index is 11.9. The molecular formula is C27H42O5. The van der Waals surface area contributed by atoms with Crippen molar-refractivity contribution in [3.63, 3.8) is 0 Å². The minimum Gasteiger partial charge on any atom is -0.479 e. The average molecular weight is 447 g/mol. The van der Waals surface area contributed by atoms with E-state index in [4.69, 9.17) is 4.74 Å². The van der Waals surface area contributed by atoms with Crippen molar-refractivity contribution in [2.45, 2.75) is 110 Å². The highest BCUT2D eigenvalue weighted by molar-refractivity contribution is 5.72. The highest BCUT2D eigenvalue weighted by Gasteiger charge is 2.84. The lowest BCUT2D eigenvalue weighted by atomic mass is 9.41. The monoisotopic (exact) mass is 446 g/mol. The average Bonchev–Trinajstić information content (AvgIpc) is 3.36. The number of carbonyl (C=O) groups is 1. The number of hydrogen-bond donors (Lipinski definition) is 3. The number of carboxylic acid groups (broad SMARTS) is 1. The Morgan fingerprint density at radius 3 is 2.28 bits per heavy atom. The zero-order valence-corrected chi connectivity index (χ0v) is 20.4. The number of hydrogen-bond acceptors (Lipinski definition) is 4. The van der Waals surface area contributed by atoms with Gasteiger partial charge in [0, 0.05) is 5.41 Å². The van der Waals surface area contributed by atoms with Crippen LogP contribution < -0.4 is 0 Å². The number of rotatable bonds is 1. The number of aliphatic hydroxyl groups is 2. The Kier molecular flexibility index (Phi) is 4.18. The molecule has 5 heteroatoms. The normalized spacial score (nSPS) is 62.1. The molecule has 0 aromatic heterocycles. The van der Waals surface area contributed by atoms with Crippen LogP contribution in [0.5, 0.6) is 0 Å². The second-order valence-electron chi connectivity index (χ2n) is 13.9. The third-order valence-electron chi connectivity index (χ3n) is 13.1. The number of aliphatic hydroxyl groups excluding tert-OH is 2. The van der Waals surface area contributed by atoms with Gasteiger partial charge in [0.05, 0.1) is 18.3 Å². The van der Waals surface area contributed by atoms with Crippen molar-refractivity contribution in [1.82, 2.24) is 0 Å². The van der Waals surface area contributed by atoms with Gasteiger partial charge in [0.1, 0.15) is 0 Å². The first-order valence-corrected chi connectivity index (χ1v) is 13.1. The second kappa shape index (κ2) is 6.12. The first-order chi connectivity index (χ1) is 14.9. The van der Waals surface area contributed by atoms with Crippen LogP contribution in [-0.2, 0) is 9.53 Å². The minimum atomic E-state index is -0.895. The van der Waals surface area contributed by atoms with Crippen LogP contribution in [0.3, 0.4) is 0 Å². The van der Waals surface area contributed by atoms with Gasteiger partial charge in [-0.1, -0.05) is 34.6 Å². The number of carboxylic acids is 1. The molecular weight excluding hydrogens is 404 g/mol. The fraction of sp³-hybridized carbons (Fsp3) is 0.963. The topological polar surface area (TPSA) is 87.0 Å². The van der Waals surface area contributed by atoms with E-state index in [-0.39, 0.29) is 45.7 Å². The smallest absolute Gasteiger partial charge is 0.332 e. The van der Waals surface area contributed by atoms with Gasteiger partial charge in [0.25, 0.3) is 0 Å². The van der Waals surface area contributed by atoms with E-state index in [1.807, 2.05) is 0 Å². The van der Waals surface area contributed by atoms with Gasteiger partial charge < -0.3 is 20.1 Å². The third-order valence-corrected chi connectivity index (χ3v) is 13.1. The SMILES string of the molecule is C[C@@H]1CC(C(=O)O)OC2[C@H]1[C@@]1(C)CCC34C[C@@]35CC[C@H](O)C(C)(C)C5CCC4[C@]1(C)[C@H]2O. The Morgan fingerprint density at radius 2 is 1.59 bits per heavy atom. The molecule has 2 spiro atoms. The van der Waals surface area contributed by atoms with Crippen LogP contribution in [0.15, 0.2) is 0 Å². The Morgan fingerprint density at radius 1 is 0.938 bits per heavy atom. The van der Waals surface area contributed by atoms with Gasteiger partial charge in [-0.05, 0) is 96.7 Å². The van der Waals surface area contributed by atoms with E-state index in [0.717, 1.165) is 32.1 Å². The summed E-state index contributed by atoms with van der Waals surface area (Å²) in [5, 5.41) is 32.4. The molecule has 5 unspecified atom stereocenters. The molecule has 5 aliphatic carbocycles. The fourth-order valence-corrected chi connectivity index (χ4v) is 11.4. The Hall–Kier alpha value is -0.650.